The smallest absolute Gasteiger partial charge is 0.438 e. The van der Waals surface area contributed by atoms with Gasteiger partial charge in [0.25, 0.3) is 5.91 Å². The van der Waals surface area contributed by atoms with Crippen molar-refractivity contribution in [2.24, 2.45) is 0 Å². The number of pyridine rings is 1. The Balaban J connectivity index is 1.56. The minimum Gasteiger partial charge on any atom is -0.438 e. The van der Waals surface area contributed by atoms with Gasteiger partial charge in [0.2, 0.25) is 0 Å². The quantitative estimate of drug-likeness (QED) is 0.417. The predicted molar refractivity (Wildman–Crippen MR) is 119 cm³/mol. The summed E-state index contributed by atoms with van der Waals surface area (Å²) in [5, 5.41) is 6.31. The lowest BCUT2D eigenvalue weighted by atomic mass is 10.1. The fourth-order valence-electron chi connectivity index (χ4n) is 3.02. The summed E-state index contributed by atoms with van der Waals surface area (Å²) in [4.78, 5) is 36.1. The number of carbonyl (C=O) groups excluding carboxylic acids is 2. The van der Waals surface area contributed by atoms with Crippen LogP contribution in [-0.4, -0.2) is 34.1 Å². The van der Waals surface area contributed by atoms with Gasteiger partial charge in [-0.2, -0.15) is 0 Å². The summed E-state index contributed by atoms with van der Waals surface area (Å²) in [6.45, 7) is -0.0812. The number of amides is 1. The summed E-state index contributed by atoms with van der Waals surface area (Å²) in [5.74, 6) is -0.469. The highest BCUT2D eigenvalue weighted by Gasteiger charge is 2.12. The molecule has 10 heteroatoms. The van der Waals surface area contributed by atoms with E-state index in [1.54, 1.807) is 42.7 Å². The summed E-state index contributed by atoms with van der Waals surface area (Å²) in [6, 6.07) is 12.5. The maximum absolute atomic E-state index is 14.4. The van der Waals surface area contributed by atoms with Gasteiger partial charge in [-0.3, -0.25) is 9.78 Å². The second-order valence-corrected chi connectivity index (χ2v) is 6.83. The zero-order valence-electron chi connectivity index (χ0n) is 17.4. The average Bonchev–Trinajstić information content (AvgIpc) is 2.84. The highest BCUT2D eigenvalue weighted by atomic mass is 19.1. The summed E-state index contributed by atoms with van der Waals surface area (Å²) in [7, 11) is 1.20. The maximum Gasteiger partial charge on any atom is 0.508 e. The number of anilines is 3. The lowest BCUT2D eigenvalue weighted by Crippen LogP contribution is -2.12. The molecule has 0 atom stereocenters. The monoisotopic (exact) mass is 447 g/mol. The lowest BCUT2D eigenvalue weighted by molar-refractivity contribution is 0.0669. The first-order valence-electron chi connectivity index (χ1n) is 9.76. The number of carbonyl (C=O) groups is 2. The van der Waals surface area contributed by atoms with E-state index < -0.39 is 12.0 Å². The molecule has 2 heterocycles. The number of benzene rings is 2. The van der Waals surface area contributed by atoms with E-state index >= 15 is 0 Å². The van der Waals surface area contributed by atoms with Crippen molar-refractivity contribution < 1.29 is 23.5 Å². The first-order valence-corrected chi connectivity index (χ1v) is 9.76. The molecule has 9 nitrogen and oxygen atoms in total. The third-order valence-corrected chi connectivity index (χ3v) is 4.64. The average molecular weight is 447 g/mol. The number of hydrogen-bond acceptors (Lipinski definition) is 8. The van der Waals surface area contributed by atoms with Crippen molar-refractivity contribution in [3.63, 3.8) is 0 Å². The number of hydrogen-bond donors (Lipinski definition) is 2. The minimum absolute atomic E-state index is 0.0812. The first kappa shape index (κ1) is 21.6. The molecule has 33 heavy (non-hydrogen) atoms. The van der Waals surface area contributed by atoms with Crippen LogP contribution in [-0.2, 0) is 16.1 Å². The second-order valence-electron chi connectivity index (χ2n) is 6.83. The van der Waals surface area contributed by atoms with Gasteiger partial charge in [0.15, 0.2) is 0 Å². The van der Waals surface area contributed by atoms with E-state index in [4.69, 9.17) is 4.74 Å². The van der Waals surface area contributed by atoms with Crippen molar-refractivity contribution >= 4 is 40.2 Å². The molecule has 2 aromatic heterocycles. The zero-order chi connectivity index (χ0) is 23.2. The number of aromatic nitrogens is 3. The normalized spacial score (nSPS) is 10.5. The van der Waals surface area contributed by atoms with E-state index in [1.165, 1.54) is 31.6 Å². The van der Waals surface area contributed by atoms with Crippen LogP contribution in [0.15, 0.2) is 67.3 Å². The molecule has 0 aliphatic heterocycles. The summed E-state index contributed by atoms with van der Waals surface area (Å²) in [6.07, 6.45) is 3.64. The molecule has 166 valence electrons. The van der Waals surface area contributed by atoms with Gasteiger partial charge in [-0.1, -0.05) is 6.07 Å². The molecule has 0 aliphatic rings. The number of fused-ring (bicyclic) bond motifs is 1. The van der Waals surface area contributed by atoms with E-state index in [1.807, 2.05) is 0 Å². The highest BCUT2D eigenvalue weighted by molar-refractivity contribution is 6.06. The van der Waals surface area contributed by atoms with Gasteiger partial charge in [0.1, 0.15) is 24.6 Å². The number of nitrogens with zero attached hydrogens (tertiary/aromatic N) is 3. The van der Waals surface area contributed by atoms with Gasteiger partial charge >= 0.3 is 6.16 Å². The Morgan fingerprint density at radius 1 is 1.03 bits per heavy atom. The molecule has 2 N–H and O–H groups in total. The largest absolute Gasteiger partial charge is 0.508 e. The molecular formula is C23H18FN5O4. The van der Waals surface area contributed by atoms with Gasteiger partial charge < -0.3 is 20.1 Å². The van der Waals surface area contributed by atoms with E-state index in [0.717, 1.165) is 0 Å². The second kappa shape index (κ2) is 9.69. The molecule has 0 bridgehead atoms. The molecule has 4 aromatic rings. The number of halogens is 1. The topological polar surface area (TPSA) is 115 Å². The number of ether oxygens (including phenoxy) is 2. The van der Waals surface area contributed by atoms with Crippen molar-refractivity contribution in [2.75, 3.05) is 17.7 Å². The first-order chi connectivity index (χ1) is 16.0. The maximum atomic E-state index is 14.4. The summed E-state index contributed by atoms with van der Waals surface area (Å²) < 4.78 is 23.7. The van der Waals surface area contributed by atoms with Crippen LogP contribution in [0.5, 0.6) is 0 Å². The Morgan fingerprint density at radius 2 is 1.85 bits per heavy atom. The van der Waals surface area contributed by atoms with Crippen molar-refractivity contribution in [1.82, 2.24) is 15.0 Å². The molecule has 1 amide bonds. The van der Waals surface area contributed by atoms with Crippen molar-refractivity contribution in [3.8, 4) is 0 Å². The van der Waals surface area contributed by atoms with Crippen LogP contribution in [0.25, 0.3) is 10.9 Å². The molecule has 0 saturated heterocycles. The third kappa shape index (κ3) is 5.18. The molecule has 2 aromatic carbocycles. The SMILES string of the molecule is COC(=O)OCc1ccc(F)c(Nc2ncnc3cc(C(=O)Nc4ccncc4)ccc23)c1. The Hall–Kier alpha value is -4.60. The van der Waals surface area contributed by atoms with E-state index in [-0.39, 0.29) is 18.2 Å². The van der Waals surface area contributed by atoms with Gasteiger partial charge in [-0.25, -0.2) is 19.2 Å². The Kier molecular flexibility index (Phi) is 6.35. The highest BCUT2D eigenvalue weighted by Crippen LogP contribution is 2.26. The minimum atomic E-state index is -0.834. The van der Waals surface area contributed by atoms with Crippen molar-refractivity contribution in [2.45, 2.75) is 6.61 Å². The molecule has 0 unspecified atom stereocenters. The van der Waals surface area contributed by atoms with Crippen LogP contribution in [0.2, 0.25) is 0 Å². The van der Waals surface area contributed by atoms with E-state index in [2.05, 4.69) is 30.3 Å². The van der Waals surface area contributed by atoms with Crippen LogP contribution in [0.3, 0.4) is 0 Å². The van der Waals surface area contributed by atoms with E-state index in [9.17, 15) is 14.0 Å². The Labute approximate surface area is 187 Å². The van der Waals surface area contributed by atoms with Crippen LogP contribution < -0.4 is 10.6 Å². The number of rotatable bonds is 6. The third-order valence-electron chi connectivity index (χ3n) is 4.64. The van der Waals surface area contributed by atoms with Crippen LogP contribution in [0.1, 0.15) is 15.9 Å². The molecule has 0 aliphatic carbocycles. The van der Waals surface area contributed by atoms with Gasteiger partial charge in [-0.05, 0) is 48.0 Å². The predicted octanol–water partition coefficient (Wildman–Crippen LogP) is 4.44. The Bertz CT molecular complexity index is 1320. The van der Waals surface area contributed by atoms with Gasteiger partial charge in [0.05, 0.1) is 18.3 Å². The number of methoxy groups -OCH3 is 1. The molecule has 4 rings (SSSR count). The molecular weight excluding hydrogens is 429 g/mol. The standard InChI is InChI=1S/C23H18FN5O4/c1-32-23(31)33-12-14-2-5-18(24)20(10-14)29-21-17-4-3-15(11-19(17)26-13-27-21)22(30)28-16-6-8-25-9-7-16/h2-11,13H,12H2,1H3,(H,25,28,30)(H,26,27,29). The molecule has 0 radical (unpaired) electrons. The molecule has 0 fully saturated rings. The lowest BCUT2D eigenvalue weighted by Gasteiger charge is -2.12. The van der Waals surface area contributed by atoms with Crippen LogP contribution in [0.4, 0.5) is 26.4 Å². The molecule has 0 spiro atoms. The Morgan fingerprint density at radius 3 is 2.64 bits per heavy atom. The number of nitrogens with one attached hydrogen (secondary N) is 2. The van der Waals surface area contributed by atoms with Crippen LogP contribution >= 0.6 is 0 Å². The fourth-order valence-corrected chi connectivity index (χ4v) is 3.02. The van der Waals surface area contributed by atoms with E-state index in [0.29, 0.717) is 33.5 Å². The van der Waals surface area contributed by atoms with Crippen molar-refractivity contribution in [1.29, 1.82) is 0 Å². The fraction of sp³-hybridized carbons (Fsp3) is 0.0870. The van der Waals surface area contributed by atoms with Gasteiger partial charge in [0, 0.05) is 29.0 Å². The van der Waals surface area contributed by atoms with Crippen molar-refractivity contribution in [3.05, 3.63) is 84.2 Å². The zero-order valence-corrected chi connectivity index (χ0v) is 17.4. The summed E-state index contributed by atoms with van der Waals surface area (Å²) >= 11 is 0. The van der Waals surface area contributed by atoms with Gasteiger partial charge in [-0.15, -0.1) is 0 Å². The summed E-state index contributed by atoms with van der Waals surface area (Å²) in [5.41, 5.74) is 2.21. The van der Waals surface area contributed by atoms with Crippen LogP contribution in [0, 0.1) is 5.82 Å². The molecule has 0 saturated carbocycles.